The van der Waals surface area contributed by atoms with Gasteiger partial charge >= 0.3 is 0 Å². The summed E-state index contributed by atoms with van der Waals surface area (Å²) in [4.78, 5) is 27.9. The van der Waals surface area contributed by atoms with E-state index in [9.17, 15) is 19.1 Å². The summed E-state index contributed by atoms with van der Waals surface area (Å²) in [5, 5.41) is 11.1. The van der Waals surface area contributed by atoms with E-state index in [4.69, 9.17) is 4.74 Å². The first-order valence-electron chi connectivity index (χ1n) is 10.1. The number of ether oxygens (including phenoxy) is 1. The van der Waals surface area contributed by atoms with Crippen LogP contribution in [-0.2, 0) is 9.59 Å². The van der Waals surface area contributed by atoms with E-state index >= 15 is 0 Å². The highest BCUT2D eigenvalue weighted by Crippen LogP contribution is 2.45. The van der Waals surface area contributed by atoms with Crippen LogP contribution >= 0.6 is 0 Å². The number of nitrogens with zero attached hydrogens (tertiary/aromatic N) is 1. The molecule has 5 nitrogen and oxygen atoms in total. The Kier molecular flexibility index (Phi) is 5.53. The van der Waals surface area contributed by atoms with Gasteiger partial charge in [0.15, 0.2) is 0 Å². The zero-order valence-electron chi connectivity index (χ0n) is 17.9. The molecular formula is C26H22FNO4. The molecule has 1 amide bonds. The van der Waals surface area contributed by atoms with Crippen molar-refractivity contribution in [2.45, 2.75) is 19.9 Å². The number of Topliss-reactive ketones (excluding diaryl/α,β-unsaturated/α-hetero) is 1. The summed E-state index contributed by atoms with van der Waals surface area (Å²) in [6.45, 7) is 3.80. The van der Waals surface area contributed by atoms with Crippen molar-refractivity contribution >= 4 is 23.1 Å². The number of halogens is 1. The highest BCUT2D eigenvalue weighted by Gasteiger charge is 2.48. The molecule has 162 valence electrons. The smallest absolute Gasteiger partial charge is 0.300 e. The standard InChI is InChI=1S/C26H22FNO4/c1-15-8-13-20(16(2)14-15)28-23(19-6-4-5-7-21(19)32-3)22(25(30)26(28)31)24(29)17-9-11-18(27)12-10-17/h4-14,23,29H,1-3H3/b24-22+. The maximum atomic E-state index is 13.4. The lowest BCUT2D eigenvalue weighted by molar-refractivity contribution is -0.132. The highest BCUT2D eigenvalue weighted by atomic mass is 19.1. The average Bonchev–Trinajstić information content (AvgIpc) is 3.04. The van der Waals surface area contributed by atoms with Crippen molar-refractivity contribution in [2.24, 2.45) is 0 Å². The number of aryl methyl sites for hydroxylation is 2. The van der Waals surface area contributed by atoms with Gasteiger partial charge in [-0.15, -0.1) is 0 Å². The van der Waals surface area contributed by atoms with Gasteiger partial charge in [-0.25, -0.2) is 4.39 Å². The topological polar surface area (TPSA) is 66.8 Å². The van der Waals surface area contributed by atoms with Crippen LogP contribution in [0.3, 0.4) is 0 Å². The van der Waals surface area contributed by atoms with Crippen LogP contribution in [0.4, 0.5) is 10.1 Å². The number of para-hydroxylation sites is 1. The first kappa shape index (κ1) is 21.3. The van der Waals surface area contributed by atoms with Gasteiger partial charge in [-0.3, -0.25) is 14.5 Å². The molecule has 3 aromatic rings. The van der Waals surface area contributed by atoms with Crippen molar-refractivity contribution in [1.82, 2.24) is 0 Å². The largest absolute Gasteiger partial charge is 0.507 e. The van der Waals surface area contributed by atoms with Gasteiger partial charge in [0.25, 0.3) is 11.7 Å². The number of methoxy groups -OCH3 is 1. The molecule has 32 heavy (non-hydrogen) atoms. The van der Waals surface area contributed by atoms with Crippen LogP contribution in [0, 0.1) is 19.7 Å². The summed E-state index contributed by atoms with van der Waals surface area (Å²) in [6, 6.07) is 16.8. The molecule has 0 aromatic heterocycles. The third-order valence-electron chi connectivity index (χ3n) is 5.61. The first-order valence-corrected chi connectivity index (χ1v) is 10.1. The second-order valence-electron chi connectivity index (χ2n) is 7.71. The third-order valence-corrected chi connectivity index (χ3v) is 5.61. The Morgan fingerprint density at radius 3 is 2.34 bits per heavy atom. The highest BCUT2D eigenvalue weighted by molar-refractivity contribution is 6.51. The molecule has 0 spiro atoms. The molecule has 1 atom stereocenters. The Hall–Kier alpha value is -3.93. The molecule has 1 unspecified atom stereocenters. The van der Waals surface area contributed by atoms with Gasteiger partial charge in [-0.05, 0) is 55.8 Å². The minimum Gasteiger partial charge on any atom is -0.507 e. The zero-order chi connectivity index (χ0) is 23.0. The number of benzene rings is 3. The molecule has 0 bridgehead atoms. The SMILES string of the molecule is COc1ccccc1C1/C(=C(\O)c2ccc(F)cc2)C(=O)C(=O)N1c1ccc(C)cc1C. The van der Waals surface area contributed by atoms with Gasteiger partial charge in [0, 0.05) is 16.8 Å². The van der Waals surface area contributed by atoms with Crippen molar-refractivity contribution in [2.75, 3.05) is 12.0 Å². The molecule has 0 saturated carbocycles. The van der Waals surface area contributed by atoms with E-state index in [1.807, 2.05) is 26.0 Å². The summed E-state index contributed by atoms with van der Waals surface area (Å²) in [6.07, 6.45) is 0. The average molecular weight is 431 g/mol. The minimum atomic E-state index is -0.919. The number of anilines is 1. The molecule has 1 aliphatic heterocycles. The number of rotatable bonds is 4. The van der Waals surface area contributed by atoms with Crippen LogP contribution in [0.15, 0.2) is 72.3 Å². The number of ketones is 1. The van der Waals surface area contributed by atoms with Gasteiger partial charge in [-0.1, -0.05) is 35.9 Å². The number of aliphatic hydroxyl groups excluding tert-OH is 1. The van der Waals surface area contributed by atoms with Gasteiger partial charge in [0.1, 0.15) is 17.3 Å². The maximum absolute atomic E-state index is 13.4. The minimum absolute atomic E-state index is 0.0777. The summed E-state index contributed by atoms with van der Waals surface area (Å²) < 4.78 is 18.9. The lowest BCUT2D eigenvalue weighted by atomic mass is 9.94. The summed E-state index contributed by atoms with van der Waals surface area (Å²) in [7, 11) is 1.50. The van der Waals surface area contributed by atoms with Crippen LogP contribution in [0.25, 0.3) is 5.76 Å². The third kappa shape index (κ3) is 3.54. The molecule has 0 aliphatic carbocycles. The summed E-state index contributed by atoms with van der Waals surface area (Å²) >= 11 is 0. The molecule has 4 rings (SSSR count). The van der Waals surface area contributed by atoms with Crippen LogP contribution in [0.5, 0.6) is 5.75 Å². The summed E-state index contributed by atoms with van der Waals surface area (Å²) in [5.74, 6) is -1.94. The van der Waals surface area contributed by atoms with E-state index in [0.29, 0.717) is 17.0 Å². The van der Waals surface area contributed by atoms with Crippen molar-refractivity contribution in [3.8, 4) is 5.75 Å². The fraction of sp³-hybridized carbons (Fsp3) is 0.154. The number of hydrogen-bond acceptors (Lipinski definition) is 4. The lowest BCUT2D eigenvalue weighted by Gasteiger charge is -2.28. The number of hydrogen-bond donors (Lipinski definition) is 1. The fourth-order valence-electron chi connectivity index (χ4n) is 4.11. The van der Waals surface area contributed by atoms with Crippen molar-refractivity contribution in [3.63, 3.8) is 0 Å². The Balaban J connectivity index is 2.00. The van der Waals surface area contributed by atoms with Gasteiger partial charge in [-0.2, -0.15) is 0 Å². The van der Waals surface area contributed by atoms with Gasteiger partial charge < -0.3 is 9.84 Å². The second kappa shape index (κ2) is 8.30. The zero-order valence-corrected chi connectivity index (χ0v) is 17.9. The number of amides is 1. The number of carbonyl (C=O) groups excluding carboxylic acids is 2. The molecule has 6 heteroatoms. The Morgan fingerprint density at radius 2 is 1.69 bits per heavy atom. The van der Waals surface area contributed by atoms with Crippen LogP contribution in [0.2, 0.25) is 0 Å². The van der Waals surface area contributed by atoms with Crippen LogP contribution < -0.4 is 9.64 Å². The lowest BCUT2D eigenvalue weighted by Crippen LogP contribution is -2.30. The predicted octanol–water partition coefficient (Wildman–Crippen LogP) is 5.08. The monoisotopic (exact) mass is 431 g/mol. The van der Waals surface area contributed by atoms with Crippen molar-refractivity contribution in [1.29, 1.82) is 0 Å². The molecule has 1 N–H and O–H groups in total. The molecule has 1 heterocycles. The van der Waals surface area contributed by atoms with Gasteiger partial charge in [0.2, 0.25) is 0 Å². The molecule has 0 radical (unpaired) electrons. The Labute approximate surface area is 185 Å². The van der Waals surface area contributed by atoms with Crippen molar-refractivity contribution < 1.29 is 23.8 Å². The molecule has 1 fully saturated rings. The van der Waals surface area contributed by atoms with E-state index in [0.717, 1.165) is 11.1 Å². The molecule has 1 saturated heterocycles. The van der Waals surface area contributed by atoms with E-state index in [1.54, 1.807) is 30.3 Å². The normalized spacial score (nSPS) is 17.6. The van der Waals surface area contributed by atoms with E-state index in [2.05, 4.69) is 0 Å². The predicted molar refractivity (Wildman–Crippen MR) is 120 cm³/mol. The maximum Gasteiger partial charge on any atom is 0.300 e. The second-order valence-corrected chi connectivity index (χ2v) is 7.71. The molecule has 1 aliphatic rings. The Bertz CT molecular complexity index is 1250. The first-order chi connectivity index (χ1) is 15.3. The molecule has 3 aromatic carbocycles. The quantitative estimate of drug-likeness (QED) is 0.356. The Morgan fingerprint density at radius 1 is 1.00 bits per heavy atom. The summed E-state index contributed by atoms with van der Waals surface area (Å²) in [5.41, 5.74) is 3.11. The number of aliphatic hydroxyl groups is 1. The molecular weight excluding hydrogens is 409 g/mol. The van der Waals surface area contributed by atoms with E-state index in [-0.39, 0.29) is 16.9 Å². The van der Waals surface area contributed by atoms with Crippen LogP contribution in [-0.4, -0.2) is 23.9 Å². The van der Waals surface area contributed by atoms with E-state index in [1.165, 1.54) is 36.3 Å². The number of carbonyl (C=O) groups is 2. The van der Waals surface area contributed by atoms with Crippen LogP contribution in [0.1, 0.15) is 28.3 Å². The van der Waals surface area contributed by atoms with Gasteiger partial charge in [0.05, 0.1) is 18.7 Å². The van der Waals surface area contributed by atoms with E-state index < -0.39 is 23.5 Å². The fourth-order valence-corrected chi connectivity index (χ4v) is 4.11. The van der Waals surface area contributed by atoms with Crippen molar-refractivity contribution in [3.05, 3.63) is 100 Å².